The SMILES string of the molecule is O=C(O)c1cnc(-c2cccc(F)c2)cc1Oc1ccccc1Cl. The molecule has 1 aromatic heterocycles. The second-order valence-corrected chi connectivity index (χ2v) is 5.32. The highest BCUT2D eigenvalue weighted by atomic mass is 35.5. The van der Waals surface area contributed by atoms with Gasteiger partial charge in [0.15, 0.2) is 0 Å². The number of carboxylic acids is 1. The second-order valence-electron chi connectivity index (χ2n) is 4.91. The third kappa shape index (κ3) is 3.36. The van der Waals surface area contributed by atoms with Gasteiger partial charge in [0.2, 0.25) is 0 Å². The molecule has 1 heterocycles. The van der Waals surface area contributed by atoms with Gasteiger partial charge in [-0.2, -0.15) is 0 Å². The van der Waals surface area contributed by atoms with E-state index in [1.807, 2.05) is 0 Å². The number of pyridine rings is 1. The number of hydrogen-bond donors (Lipinski definition) is 1. The van der Waals surface area contributed by atoms with Crippen LogP contribution < -0.4 is 4.74 Å². The minimum absolute atomic E-state index is 0.0739. The lowest BCUT2D eigenvalue weighted by molar-refractivity contribution is 0.0693. The first-order valence-electron chi connectivity index (χ1n) is 6.96. The van der Waals surface area contributed by atoms with Crippen LogP contribution in [-0.2, 0) is 0 Å². The maximum absolute atomic E-state index is 13.4. The zero-order valence-corrected chi connectivity index (χ0v) is 13.0. The smallest absolute Gasteiger partial charge is 0.341 e. The van der Waals surface area contributed by atoms with Crippen molar-refractivity contribution in [3.8, 4) is 22.8 Å². The molecular formula is C18H11ClFNO3. The van der Waals surface area contributed by atoms with Crippen LogP contribution >= 0.6 is 11.6 Å². The fraction of sp³-hybridized carbons (Fsp3) is 0. The zero-order chi connectivity index (χ0) is 17.1. The number of halogens is 2. The van der Waals surface area contributed by atoms with Crippen LogP contribution in [-0.4, -0.2) is 16.1 Å². The Morgan fingerprint density at radius 3 is 2.58 bits per heavy atom. The lowest BCUT2D eigenvalue weighted by Crippen LogP contribution is -2.02. The average Bonchev–Trinajstić information content (AvgIpc) is 2.56. The molecule has 0 aliphatic carbocycles. The van der Waals surface area contributed by atoms with Crippen LogP contribution in [0.5, 0.6) is 11.5 Å². The number of aromatic nitrogens is 1. The Bertz CT molecular complexity index is 914. The predicted molar refractivity (Wildman–Crippen MR) is 88.1 cm³/mol. The molecule has 0 unspecified atom stereocenters. The van der Waals surface area contributed by atoms with E-state index in [1.165, 1.54) is 24.4 Å². The summed E-state index contributed by atoms with van der Waals surface area (Å²) in [5.41, 5.74) is 0.785. The number of nitrogens with zero attached hydrogens (tertiary/aromatic N) is 1. The van der Waals surface area contributed by atoms with Crippen molar-refractivity contribution in [2.24, 2.45) is 0 Å². The predicted octanol–water partition coefficient (Wildman–Crippen LogP) is 5.03. The molecule has 0 atom stereocenters. The van der Waals surface area contributed by atoms with Gasteiger partial charge in [-0.1, -0.05) is 35.9 Å². The van der Waals surface area contributed by atoms with Crippen LogP contribution in [0.4, 0.5) is 4.39 Å². The van der Waals surface area contributed by atoms with Crippen LogP contribution in [0.25, 0.3) is 11.3 Å². The molecule has 1 N–H and O–H groups in total. The molecule has 24 heavy (non-hydrogen) atoms. The number of carboxylic acid groups (broad SMARTS) is 1. The van der Waals surface area contributed by atoms with Crippen LogP contribution in [0, 0.1) is 5.82 Å². The Morgan fingerprint density at radius 2 is 1.88 bits per heavy atom. The molecule has 0 radical (unpaired) electrons. The first-order chi connectivity index (χ1) is 11.5. The van der Waals surface area contributed by atoms with E-state index < -0.39 is 11.8 Å². The maximum Gasteiger partial charge on any atom is 0.341 e. The van der Waals surface area contributed by atoms with Crippen molar-refractivity contribution >= 4 is 17.6 Å². The molecule has 0 aliphatic heterocycles. The fourth-order valence-corrected chi connectivity index (χ4v) is 2.31. The highest BCUT2D eigenvalue weighted by Gasteiger charge is 2.16. The van der Waals surface area contributed by atoms with E-state index in [0.29, 0.717) is 22.0 Å². The quantitative estimate of drug-likeness (QED) is 0.721. The number of benzene rings is 2. The second kappa shape index (κ2) is 6.68. The number of rotatable bonds is 4. The summed E-state index contributed by atoms with van der Waals surface area (Å²) < 4.78 is 19.0. The van der Waals surface area contributed by atoms with Crippen LogP contribution in [0.1, 0.15) is 10.4 Å². The van der Waals surface area contributed by atoms with Crippen LogP contribution in [0.15, 0.2) is 60.8 Å². The number of para-hydroxylation sites is 1. The van der Waals surface area contributed by atoms with Crippen molar-refractivity contribution in [1.29, 1.82) is 0 Å². The number of aromatic carboxylic acids is 1. The molecule has 4 nitrogen and oxygen atoms in total. The Kier molecular flexibility index (Phi) is 4.44. The average molecular weight is 344 g/mol. The first kappa shape index (κ1) is 16.0. The van der Waals surface area contributed by atoms with Gasteiger partial charge in [0.25, 0.3) is 0 Å². The van der Waals surface area contributed by atoms with E-state index in [2.05, 4.69) is 4.98 Å². The highest BCUT2D eigenvalue weighted by Crippen LogP contribution is 2.33. The molecule has 3 rings (SSSR count). The number of hydrogen-bond acceptors (Lipinski definition) is 3. The summed E-state index contributed by atoms with van der Waals surface area (Å²) in [4.78, 5) is 15.5. The van der Waals surface area contributed by atoms with Gasteiger partial charge in [-0.15, -0.1) is 0 Å². The van der Waals surface area contributed by atoms with Crippen molar-refractivity contribution in [3.05, 3.63) is 77.2 Å². The van der Waals surface area contributed by atoms with E-state index in [9.17, 15) is 14.3 Å². The Balaban J connectivity index is 2.07. The number of carbonyl (C=O) groups is 1. The lowest BCUT2D eigenvalue weighted by Gasteiger charge is -2.11. The van der Waals surface area contributed by atoms with Gasteiger partial charge >= 0.3 is 5.97 Å². The van der Waals surface area contributed by atoms with Gasteiger partial charge in [-0.05, 0) is 24.3 Å². The topological polar surface area (TPSA) is 59.4 Å². The molecule has 2 aromatic carbocycles. The van der Waals surface area contributed by atoms with Gasteiger partial charge < -0.3 is 9.84 Å². The monoisotopic (exact) mass is 343 g/mol. The summed E-state index contributed by atoms with van der Waals surface area (Å²) in [5.74, 6) is -1.21. The Labute approximate surface area is 142 Å². The molecule has 120 valence electrons. The van der Waals surface area contributed by atoms with E-state index >= 15 is 0 Å². The van der Waals surface area contributed by atoms with E-state index in [0.717, 1.165) is 0 Å². The molecule has 0 spiro atoms. The van der Waals surface area contributed by atoms with Crippen molar-refractivity contribution in [2.45, 2.75) is 0 Å². The van der Waals surface area contributed by atoms with Crippen LogP contribution in [0.2, 0.25) is 5.02 Å². The fourth-order valence-electron chi connectivity index (χ4n) is 2.13. The summed E-state index contributed by atoms with van der Waals surface area (Å²) in [6, 6.07) is 14.0. The highest BCUT2D eigenvalue weighted by molar-refractivity contribution is 6.32. The molecular weight excluding hydrogens is 333 g/mol. The van der Waals surface area contributed by atoms with Gasteiger partial charge in [-0.25, -0.2) is 9.18 Å². The van der Waals surface area contributed by atoms with E-state index in [1.54, 1.807) is 36.4 Å². The Hall–Kier alpha value is -2.92. The van der Waals surface area contributed by atoms with Crippen LogP contribution in [0.3, 0.4) is 0 Å². The minimum Gasteiger partial charge on any atom is -0.477 e. The Morgan fingerprint density at radius 1 is 1.08 bits per heavy atom. The van der Waals surface area contributed by atoms with Gasteiger partial charge in [-0.3, -0.25) is 4.98 Å². The van der Waals surface area contributed by atoms with E-state index in [-0.39, 0.29) is 11.3 Å². The summed E-state index contributed by atoms with van der Waals surface area (Å²) in [7, 11) is 0. The van der Waals surface area contributed by atoms with Crippen molar-refractivity contribution in [1.82, 2.24) is 4.98 Å². The third-order valence-corrected chi connectivity index (χ3v) is 3.59. The molecule has 0 amide bonds. The molecule has 0 bridgehead atoms. The summed E-state index contributed by atoms with van der Waals surface area (Å²) >= 11 is 6.05. The lowest BCUT2D eigenvalue weighted by atomic mass is 10.1. The van der Waals surface area contributed by atoms with Gasteiger partial charge in [0, 0.05) is 17.8 Å². The van der Waals surface area contributed by atoms with Gasteiger partial charge in [0.05, 0.1) is 10.7 Å². The zero-order valence-electron chi connectivity index (χ0n) is 12.2. The summed E-state index contributed by atoms with van der Waals surface area (Å²) in [6.07, 6.45) is 1.18. The molecule has 6 heteroatoms. The maximum atomic E-state index is 13.4. The standard InChI is InChI=1S/C18H11ClFNO3/c19-14-6-1-2-7-16(14)24-17-9-15(21-10-13(17)18(22)23)11-4-3-5-12(20)8-11/h1-10H,(H,22,23). The largest absolute Gasteiger partial charge is 0.477 e. The molecule has 0 saturated carbocycles. The molecule has 0 saturated heterocycles. The van der Waals surface area contributed by atoms with Gasteiger partial charge in [0.1, 0.15) is 22.9 Å². The normalized spacial score (nSPS) is 10.4. The van der Waals surface area contributed by atoms with Crippen molar-refractivity contribution in [3.63, 3.8) is 0 Å². The van der Waals surface area contributed by atoms with Crippen molar-refractivity contribution < 1.29 is 19.0 Å². The summed E-state index contributed by atoms with van der Waals surface area (Å²) in [5, 5.41) is 9.65. The molecule has 3 aromatic rings. The minimum atomic E-state index is -1.18. The summed E-state index contributed by atoms with van der Waals surface area (Å²) in [6.45, 7) is 0. The number of ether oxygens (including phenoxy) is 1. The molecule has 0 fully saturated rings. The van der Waals surface area contributed by atoms with E-state index in [4.69, 9.17) is 16.3 Å². The molecule has 0 aliphatic rings. The van der Waals surface area contributed by atoms with Crippen molar-refractivity contribution in [2.75, 3.05) is 0 Å². The first-order valence-corrected chi connectivity index (χ1v) is 7.34. The third-order valence-electron chi connectivity index (χ3n) is 3.27.